The van der Waals surface area contributed by atoms with E-state index in [2.05, 4.69) is 13.8 Å². The molecule has 1 N–H and O–H groups in total. The maximum Gasteiger partial charge on any atom is 0.164 e. The van der Waals surface area contributed by atoms with Crippen LogP contribution in [-0.2, 0) is 4.79 Å². The van der Waals surface area contributed by atoms with E-state index in [0.29, 0.717) is 11.3 Å². The van der Waals surface area contributed by atoms with Crippen molar-refractivity contribution in [3.8, 4) is 0 Å². The standard InChI is InChI=1S/C20H34O2/c1-4-15(5-2)19(21)14(3)20(22)18-12-10-17(11-13-18)16-8-6-7-9-16/h15-18,21H,4-13H2,1-3H3/b19-14-. The van der Waals surface area contributed by atoms with Crippen LogP contribution in [0.25, 0.3) is 0 Å². The zero-order chi connectivity index (χ0) is 16.1. The molecule has 2 saturated carbocycles. The fourth-order valence-corrected chi connectivity index (χ4v) is 4.70. The third-order valence-electron chi connectivity index (χ3n) is 6.34. The Bertz CT molecular complexity index is 392. The first-order valence-electron chi connectivity index (χ1n) is 9.52. The van der Waals surface area contributed by atoms with E-state index in [-0.39, 0.29) is 17.6 Å². The van der Waals surface area contributed by atoms with Crippen molar-refractivity contribution in [3.63, 3.8) is 0 Å². The van der Waals surface area contributed by atoms with Crippen molar-refractivity contribution in [1.29, 1.82) is 0 Å². The van der Waals surface area contributed by atoms with Gasteiger partial charge in [-0.3, -0.25) is 4.79 Å². The predicted molar refractivity (Wildman–Crippen MR) is 91.8 cm³/mol. The van der Waals surface area contributed by atoms with Gasteiger partial charge in [0.2, 0.25) is 0 Å². The van der Waals surface area contributed by atoms with Crippen molar-refractivity contribution in [2.24, 2.45) is 23.7 Å². The van der Waals surface area contributed by atoms with Gasteiger partial charge in [-0.05, 0) is 57.3 Å². The minimum atomic E-state index is 0.152. The molecule has 0 aromatic heterocycles. The van der Waals surface area contributed by atoms with Gasteiger partial charge < -0.3 is 5.11 Å². The lowest BCUT2D eigenvalue weighted by atomic mass is 9.73. The van der Waals surface area contributed by atoms with Gasteiger partial charge in [0, 0.05) is 17.4 Å². The molecule has 0 spiro atoms. The highest BCUT2D eigenvalue weighted by Gasteiger charge is 2.33. The van der Waals surface area contributed by atoms with Gasteiger partial charge in [0.05, 0.1) is 0 Å². The third-order valence-corrected chi connectivity index (χ3v) is 6.34. The lowest BCUT2D eigenvalue weighted by molar-refractivity contribution is -0.120. The van der Waals surface area contributed by atoms with E-state index in [1.807, 2.05) is 6.92 Å². The Hall–Kier alpha value is -0.790. The monoisotopic (exact) mass is 306 g/mol. The second-order valence-corrected chi connectivity index (χ2v) is 7.54. The summed E-state index contributed by atoms with van der Waals surface area (Å²) >= 11 is 0. The number of carbonyl (C=O) groups is 1. The fourth-order valence-electron chi connectivity index (χ4n) is 4.70. The number of Topliss-reactive ketones (excluding diaryl/α,β-unsaturated/α-hetero) is 1. The van der Waals surface area contributed by atoms with Crippen LogP contribution in [0.1, 0.15) is 85.0 Å². The molecule has 2 nitrogen and oxygen atoms in total. The molecule has 0 aliphatic heterocycles. The number of rotatable bonds is 6. The topological polar surface area (TPSA) is 37.3 Å². The number of ketones is 1. The van der Waals surface area contributed by atoms with E-state index in [9.17, 15) is 9.90 Å². The number of aliphatic hydroxyl groups excluding tert-OH is 1. The molecule has 2 aliphatic rings. The molecular formula is C20H34O2. The first-order chi connectivity index (χ1) is 10.6. The number of allylic oxidation sites excluding steroid dienone is 2. The first-order valence-corrected chi connectivity index (χ1v) is 9.52. The summed E-state index contributed by atoms with van der Waals surface area (Å²) in [5.74, 6) is 2.68. The van der Waals surface area contributed by atoms with E-state index in [1.165, 1.54) is 38.5 Å². The molecule has 0 aromatic carbocycles. The molecule has 0 heterocycles. The van der Waals surface area contributed by atoms with E-state index in [0.717, 1.165) is 37.5 Å². The van der Waals surface area contributed by atoms with Crippen molar-refractivity contribution in [3.05, 3.63) is 11.3 Å². The van der Waals surface area contributed by atoms with E-state index in [4.69, 9.17) is 0 Å². The second-order valence-electron chi connectivity index (χ2n) is 7.54. The molecule has 2 aliphatic carbocycles. The molecular weight excluding hydrogens is 272 g/mol. The minimum absolute atomic E-state index is 0.152. The summed E-state index contributed by atoms with van der Waals surface area (Å²) in [4.78, 5) is 12.7. The van der Waals surface area contributed by atoms with Crippen LogP contribution < -0.4 is 0 Å². The fraction of sp³-hybridized carbons (Fsp3) is 0.850. The zero-order valence-corrected chi connectivity index (χ0v) is 14.7. The molecule has 0 bridgehead atoms. The lowest BCUT2D eigenvalue weighted by Gasteiger charge is -2.32. The molecule has 2 heteroatoms. The minimum Gasteiger partial charge on any atom is -0.512 e. The maximum atomic E-state index is 12.7. The average Bonchev–Trinajstić information content (AvgIpc) is 3.09. The summed E-state index contributed by atoms with van der Waals surface area (Å²) in [7, 11) is 0. The molecule has 0 atom stereocenters. The molecule has 2 rings (SSSR count). The van der Waals surface area contributed by atoms with Crippen LogP contribution in [0.4, 0.5) is 0 Å². The molecule has 0 aromatic rings. The summed E-state index contributed by atoms with van der Waals surface area (Å²) in [6, 6.07) is 0. The normalized spacial score (nSPS) is 28.0. The first kappa shape index (κ1) is 17.6. The highest BCUT2D eigenvalue weighted by Crippen LogP contribution is 2.41. The summed E-state index contributed by atoms with van der Waals surface area (Å²) < 4.78 is 0. The Balaban J connectivity index is 1.92. The molecule has 126 valence electrons. The Kier molecular flexibility index (Phi) is 6.52. The Labute approximate surface area is 136 Å². The van der Waals surface area contributed by atoms with Crippen LogP contribution in [0.15, 0.2) is 11.3 Å². The van der Waals surface area contributed by atoms with E-state index in [1.54, 1.807) is 0 Å². The number of hydrogen-bond acceptors (Lipinski definition) is 2. The Morgan fingerprint density at radius 1 is 0.955 bits per heavy atom. The number of hydrogen-bond donors (Lipinski definition) is 1. The Morgan fingerprint density at radius 3 is 1.95 bits per heavy atom. The summed E-state index contributed by atoms with van der Waals surface area (Å²) in [6.45, 7) is 5.99. The van der Waals surface area contributed by atoms with Gasteiger partial charge in [0.25, 0.3) is 0 Å². The molecule has 0 saturated heterocycles. The smallest absolute Gasteiger partial charge is 0.164 e. The van der Waals surface area contributed by atoms with Gasteiger partial charge in [-0.15, -0.1) is 0 Å². The van der Waals surface area contributed by atoms with Gasteiger partial charge in [-0.25, -0.2) is 0 Å². The van der Waals surface area contributed by atoms with Crippen LogP contribution in [-0.4, -0.2) is 10.9 Å². The number of aliphatic hydroxyl groups is 1. The Morgan fingerprint density at radius 2 is 1.45 bits per heavy atom. The van der Waals surface area contributed by atoms with Crippen LogP contribution in [0.3, 0.4) is 0 Å². The average molecular weight is 306 g/mol. The van der Waals surface area contributed by atoms with Gasteiger partial charge in [0.15, 0.2) is 5.78 Å². The quantitative estimate of drug-likeness (QED) is 0.496. The van der Waals surface area contributed by atoms with Crippen molar-refractivity contribution >= 4 is 5.78 Å². The van der Waals surface area contributed by atoms with Crippen molar-refractivity contribution < 1.29 is 9.90 Å². The summed E-state index contributed by atoms with van der Waals surface area (Å²) in [5, 5.41) is 10.4. The summed E-state index contributed by atoms with van der Waals surface area (Å²) in [5.41, 5.74) is 0.637. The molecule has 0 radical (unpaired) electrons. The number of carbonyl (C=O) groups excluding carboxylic acids is 1. The van der Waals surface area contributed by atoms with Gasteiger partial charge in [-0.2, -0.15) is 0 Å². The maximum absolute atomic E-state index is 12.7. The SMILES string of the molecule is CCC(CC)/C(O)=C(\C)C(=O)C1CCC(C2CCCC2)CC1. The predicted octanol–water partition coefficient (Wildman–Crippen LogP) is 5.82. The molecule has 0 amide bonds. The highest BCUT2D eigenvalue weighted by molar-refractivity contribution is 5.97. The highest BCUT2D eigenvalue weighted by atomic mass is 16.3. The van der Waals surface area contributed by atoms with Crippen molar-refractivity contribution in [2.75, 3.05) is 0 Å². The van der Waals surface area contributed by atoms with Crippen molar-refractivity contribution in [1.82, 2.24) is 0 Å². The lowest BCUT2D eigenvalue weighted by Crippen LogP contribution is -2.26. The van der Waals surface area contributed by atoms with Gasteiger partial charge in [-0.1, -0.05) is 39.5 Å². The molecule has 2 fully saturated rings. The van der Waals surface area contributed by atoms with Gasteiger partial charge in [0.1, 0.15) is 5.76 Å². The van der Waals surface area contributed by atoms with Gasteiger partial charge >= 0.3 is 0 Å². The van der Waals surface area contributed by atoms with Crippen LogP contribution in [0.5, 0.6) is 0 Å². The second kappa shape index (κ2) is 8.17. The van der Waals surface area contributed by atoms with Crippen LogP contribution in [0, 0.1) is 23.7 Å². The van der Waals surface area contributed by atoms with Crippen molar-refractivity contribution in [2.45, 2.75) is 85.0 Å². The van der Waals surface area contributed by atoms with E-state index >= 15 is 0 Å². The molecule has 22 heavy (non-hydrogen) atoms. The third kappa shape index (κ3) is 3.94. The van der Waals surface area contributed by atoms with Crippen LogP contribution in [0.2, 0.25) is 0 Å². The van der Waals surface area contributed by atoms with Crippen LogP contribution >= 0.6 is 0 Å². The largest absolute Gasteiger partial charge is 0.512 e. The summed E-state index contributed by atoms with van der Waals surface area (Å²) in [6.07, 6.45) is 12.0. The van der Waals surface area contributed by atoms with E-state index < -0.39 is 0 Å². The zero-order valence-electron chi connectivity index (χ0n) is 14.7. The molecule has 0 unspecified atom stereocenters.